The highest BCUT2D eigenvalue weighted by atomic mass is 32.2. The van der Waals surface area contributed by atoms with Crippen molar-refractivity contribution in [2.45, 2.75) is 25.0 Å². The van der Waals surface area contributed by atoms with Crippen LogP contribution < -0.4 is 0 Å². The van der Waals surface area contributed by atoms with Crippen molar-refractivity contribution < 1.29 is 14.7 Å². The first kappa shape index (κ1) is 12.4. The molecule has 0 radical (unpaired) electrons. The Morgan fingerprint density at radius 3 is 2.73 bits per heavy atom. The molecule has 0 bridgehead atoms. The van der Waals surface area contributed by atoms with E-state index in [-0.39, 0.29) is 17.1 Å². The van der Waals surface area contributed by atoms with Gasteiger partial charge in [-0.15, -0.1) is 0 Å². The smallest absolute Gasteiger partial charge is 0.308 e. The van der Waals surface area contributed by atoms with Crippen LogP contribution in [-0.2, 0) is 9.59 Å². The molecule has 0 saturated carbocycles. The van der Waals surface area contributed by atoms with Gasteiger partial charge in [-0.1, -0.05) is 0 Å². The lowest BCUT2D eigenvalue weighted by molar-refractivity contribution is -0.145. The van der Waals surface area contributed by atoms with E-state index in [1.165, 1.54) is 11.8 Å². The summed E-state index contributed by atoms with van der Waals surface area (Å²) in [6.07, 6.45) is 3.37. The van der Waals surface area contributed by atoms with E-state index in [1.54, 1.807) is 4.90 Å². The molecule has 0 aliphatic carbocycles. The molecule has 0 aromatic carbocycles. The number of carbonyl (C=O) groups excluding carboxylic acids is 1. The van der Waals surface area contributed by atoms with Gasteiger partial charge < -0.3 is 10.0 Å². The number of piperidine rings is 1. The van der Waals surface area contributed by atoms with Crippen LogP contribution in [0.3, 0.4) is 0 Å². The van der Waals surface area contributed by atoms with Crippen LogP contribution >= 0.6 is 11.8 Å². The van der Waals surface area contributed by atoms with Crippen molar-refractivity contribution >= 4 is 23.6 Å². The van der Waals surface area contributed by atoms with Crippen molar-refractivity contribution in [3.05, 3.63) is 0 Å². The Labute approximate surface area is 94.0 Å². The summed E-state index contributed by atoms with van der Waals surface area (Å²) >= 11 is 1.50. The largest absolute Gasteiger partial charge is 0.481 e. The fourth-order valence-corrected chi connectivity index (χ4v) is 2.09. The first-order valence-corrected chi connectivity index (χ1v) is 6.39. The molecule has 0 aromatic heterocycles. The van der Waals surface area contributed by atoms with Crippen LogP contribution in [0.1, 0.15) is 19.8 Å². The molecule has 4 nitrogen and oxygen atoms in total. The second-order valence-corrected chi connectivity index (χ2v) is 5.02. The molecular formula is C10H17NO3S. The molecule has 1 amide bonds. The lowest BCUT2D eigenvalue weighted by Crippen LogP contribution is -2.45. The summed E-state index contributed by atoms with van der Waals surface area (Å²) in [7, 11) is 0. The van der Waals surface area contributed by atoms with Crippen LogP contribution in [0.25, 0.3) is 0 Å². The van der Waals surface area contributed by atoms with E-state index in [4.69, 9.17) is 5.11 Å². The van der Waals surface area contributed by atoms with E-state index in [0.29, 0.717) is 19.5 Å². The number of nitrogens with zero attached hydrogens (tertiary/aromatic N) is 1. The summed E-state index contributed by atoms with van der Waals surface area (Å²) < 4.78 is 0. The van der Waals surface area contributed by atoms with Gasteiger partial charge in [0, 0.05) is 13.1 Å². The van der Waals surface area contributed by atoms with Gasteiger partial charge in [0.1, 0.15) is 0 Å². The summed E-state index contributed by atoms with van der Waals surface area (Å²) in [5.41, 5.74) is 0. The zero-order chi connectivity index (χ0) is 11.4. The summed E-state index contributed by atoms with van der Waals surface area (Å²) in [4.78, 5) is 24.3. The minimum atomic E-state index is -0.788. The van der Waals surface area contributed by atoms with Crippen molar-refractivity contribution in [2.24, 2.45) is 5.92 Å². The van der Waals surface area contributed by atoms with Gasteiger partial charge in [0.05, 0.1) is 11.2 Å². The maximum absolute atomic E-state index is 11.8. The molecule has 15 heavy (non-hydrogen) atoms. The van der Waals surface area contributed by atoms with Crippen LogP contribution in [0.5, 0.6) is 0 Å². The summed E-state index contributed by atoms with van der Waals surface area (Å²) in [5.74, 6) is -1.10. The van der Waals surface area contributed by atoms with E-state index in [0.717, 1.165) is 6.42 Å². The highest BCUT2D eigenvalue weighted by molar-refractivity contribution is 7.99. The number of hydrogen-bond donors (Lipinski definition) is 1. The van der Waals surface area contributed by atoms with Crippen LogP contribution in [0.2, 0.25) is 0 Å². The molecule has 1 saturated heterocycles. The minimum absolute atomic E-state index is 0.0634. The van der Waals surface area contributed by atoms with Gasteiger partial charge in [-0.25, -0.2) is 0 Å². The van der Waals surface area contributed by atoms with E-state index in [2.05, 4.69) is 0 Å². The van der Waals surface area contributed by atoms with Crippen LogP contribution in [0.15, 0.2) is 0 Å². The number of carbonyl (C=O) groups is 2. The first-order chi connectivity index (χ1) is 7.06. The molecule has 0 aromatic rings. The number of carboxylic acid groups (broad SMARTS) is 1. The summed E-state index contributed by atoms with van der Waals surface area (Å²) in [6.45, 7) is 2.93. The second-order valence-electron chi connectivity index (χ2n) is 3.84. The third-order valence-electron chi connectivity index (χ3n) is 2.78. The maximum atomic E-state index is 11.8. The van der Waals surface area contributed by atoms with Crippen molar-refractivity contribution in [2.75, 3.05) is 19.3 Å². The molecule has 1 N–H and O–H groups in total. The standard InChI is InChI=1S/C10H17NO3S/c1-7(15-2)9(12)11-5-3-4-8(6-11)10(13)14/h7-8H,3-6H2,1-2H3,(H,13,14)/t7?,8-/m0/s1. The highest BCUT2D eigenvalue weighted by Crippen LogP contribution is 2.19. The van der Waals surface area contributed by atoms with Gasteiger partial charge in [0.25, 0.3) is 0 Å². The topological polar surface area (TPSA) is 57.6 Å². The van der Waals surface area contributed by atoms with E-state index in [9.17, 15) is 9.59 Å². The molecular weight excluding hydrogens is 214 g/mol. The fourth-order valence-electron chi connectivity index (χ4n) is 1.74. The maximum Gasteiger partial charge on any atom is 0.308 e. The predicted molar refractivity (Wildman–Crippen MR) is 59.9 cm³/mol. The third-order valence-corrected chi connectivity index (χ3v) is 3.69. The lowest BCUT2D eigenvalue weighted by Gasteiger charge is -2.32. The average molecular weight is 231 g/mol. The summed E-state index contributed by atoms with van der Waals surface area (Å²) in [5, 5.41) is 8.82. The Morgan fingerprint density at radius 2 is 2.20 bits per heavy atom. The highest BCUT2D eigenvalue weighted by Gasteiger charge is 2.29. The number of thioether (sulfide) groups is 1. The van der Waals surface area contributed by atoms with Gasteiger partial charge in [0.15, 0.2) is 0 Å². The zero-order valence-electron chi connectivity index (χ0n) is 9.10. The Hall–Kier alpha value is -0.710. The number of hydrogen-bond acceptors (Lipinski definition) is 3. The second kappa shape index (κ2) is 5.39. The quantitative estimate of drug-likeness (QED) is 0.789. The Kier molecular flexibility index (Phi) is 4.45. The zero-order valence-corrected chi connectivity index (χ0v) is 9.92. The molecule has 1 aliphatic rings. The molecule has 1 rings (SSSR count). The normalized spacial score (nSPS) is 23.6. The van der Waals surface area contributed by atoms with Gasteiger partial charge in [-0.2, -0.15) is 11.8 Å². The number of aliphatic carboxylic acids is 1. The molecule has 1 heterocycles. The van der Waals surface area contributed by atoms with Crippen molar-refractivity contribution in [1.29, 1.82) is 0 Å². The van der Waals surface area contributed by atoms with Gasteiger partial charge in [0.2, 0.25) is 5.91 Å². The predicted octanol–water partition coefficient (Wildman–Crippen LogP) is 1.06. The van der Waals surface area contributed by atoms with Crippen LogP contribution in [0.4, 0.5) is 0 Å². The van der Waals surface area contributed by atoms with E-state index < -0.39 is 5.97 Å². The summed E-state index contributed by atoms with van der Waals surface area (Å²) in [6, 6.07) is 0. The average Bonchev–Trinajstić information content (AvgIpc) is 2.27. The van der Waals surface area contributed by atoms with Gasteiger partial charge in [-0.05, 0) is 26.0 Å². The van der Waals surface area contributed by atoms with Crippen LogP contribution in [0, 0.1) is 5.92 Å². The van der Waals surface area contributed by atoms with E-state index in [1.807, 2.05) is 13.2 Å². The first-order valence-electron chi connectivity index (χ1n) is 5.10. The van der Waals surface area contributed by atoms with E-state index >= 15 is 0 Å². The lowest BCUT2D eigenvalue weighted by atomic mass is 9.98. The van der Waals surface area contributed by atoms with Crippen molar-refractivity contribution in [3.63, 3.8) is 0 Å². The SMILES string of the molecule is CSC(C)C(=O)N1CCC[C@H](C(=O)O)C1. The molecule has 0 spiro atoms. The monoisotopic (exact) mass is 231 g/mol. The molecule has 5 heteroatoms. The van der Waals surface area contributed by atoms with Gasteiger partial charge in [-0.3, -0.25) is 9.59 Å². The Bertz CT molecular complexity index is 257. The molecule has 1 fully saturated rings. The Balaban J connectivity index is 2.56. The fraction of sp³-hybridized carbons (Fsp3) is 0.800. The molecule has 1 unspecified atom stereocenters. The molecule has 86 valence electrons. The molecule has 2 atom stereocenters. The number of carboxylic acids is 1. The molecule has 1 aliphatic heterocycles. The van der Waals surface area contributed by atoms with Crippen LogP contribution in [-0.4, -0.2) is 46.5 Å². The Morgan fingerprint density at radius 1 is 1.53 bits per heavy atom. The minimum Gasteiger partial charge on any atom is -0.481 e. The van der Waals surface area contributed by atoms with Gasteiger partial charge >= 0.3 is 5.97 Å². The number of amides is 1. The third kappa shape index (κ3) is 3.12. The van der Waals surface area contributed by atoms with Crippen molar-refractivity contribution in [1.82, 2.24) is 4.90 Å². The van der Waals surface area contributed by atoms with Crippen molar-refractivity contribution in [3.8, 4) is 0 Å². The number of likely N-dealkylation sites (tertiary alicyclic amines) is 1. The number of rotatable bonds is 3.